The van der Waals surface area contributed by atoms with Gasteiger partial charge < -0.3 is 20.7 Å². The van der Waals surface area contributed by atoms with Gasteiger partial charge in [-0.05, 0) is 24.6 Å². The number of hydrogen-bond acceptors (Lipinski definition) is 4. The average Bonchev–Trinajstić information content (AvgIpc) is 2.46. The summed E-state index contributed by atoms with van der Waals surface area (Å²) in [6, 6.07) is 5.40. The summed E-state index contributed by atoms with van der Waals surface area (Å²) in [5.74, 6) is -0.0884. The maximum atomic E-state index is 11.9. The topological polar surface area (TPSA) is 67.6 Å². The Morgan fingerprint density at radius 1 is 1.58 bits per heavy atom. The number of morpholine rings is 1. The smallest absolute Gasteiger partial charge is 0.253 e. The van der Waals surface area contributed by atoms with Crippen LogP contribution in [-0.2, 0) is 4.74 Å². The average molecular weight is 263 g/mol. The van der Waals surface area contributed by atoms with Crippen LogP contribution in [0.25, 0.3) is 0 Å². The molecule has 0 spiro atoms. The minimum atomic E-state index is -0.0884. The van der Waals surface area contributed by atoms with E-state index in [-0.39, 0.29) is 12.0 Å². The summed E-state index contributed by atoms with van der Waals surface area (Å²) in [6.07, 6.45) is 1.18. The van der Waals surface area contributed by atoms with Crippen molar-refractivity contribution >= 4 is 17.3 Å². The SMILES string of the molecule is CCC1CN(c2cc(N)ccc2C(=O)NC)CCO1. The Kier molecular flexibility index (Phi) is 4.27. The highest BCUT2D eigenvalue weighted by atomic mass is 16.5. The molecule has 0 aliphatic carbocycles. The Morgan fingerprint density at radius 3 is 3.05 bits per heavy atom. The van der Waals surface area contributed by atoms with Crippen LogP contribution < -0.4 is 16.0 Å². The first kappa shape index (κ1) is 13.7. The number of rotatable bonds is 3. The lowest BCUT2D eigenvalue weighted by atomic mass is 10.1. The van der Waals surface area contributed by atoms with Gasteiger partial charge in [-0.2, -0.15) is 0 Å². The second-order valence-corrected chi connectivity index (χ2v) is 4.70. The third-order valence-corrected chi connectivity index (χ3v) is 3.43. The lowest BCUT2D eigenvalue weighted by Crippen LogP contribution is -2.43. The van der Waals surface area contributed by atoms with Gasteiger partial charge in [0.05, 0.1) is 24.0 Å². The Balaban J connectivity index is 2.31. The second-order valence-electron chi connectivity index (χ2n) is 4.70. The standard InChI is InChI=1S/C14H21N3O2/c1-3-11-9-17(6-7-19-11)13-8-10(15)4-5-12(13)14(18)16-2/h4-5,8,11H,3,6-7,9,15H2,1-2H3,(H,16,18). The number of ether oxygens (including phenoxy) is 1. The van der Waals surface area contributed by atoms with Crippen molar-refractivity contribution in [2.45, 2.75) is 19.4 Å². The molecule has 104 valence electrons. The highest BCUT2D eigenvalue weighted by Crippen LogP contribution is 2.26. The van der Waals surface area contributed by atoms with Crippen LogP contribution in [0.15, 0.2) is 18.2 Å². The molecule has 1 aromatic rings. The fourth-order valence-electron chi connectivity index (χ4n) is 2.32. The Labute approximate surface area is 113 Å². The van der Waals surface area contributed by atoms with Crippen LogP contribution in [0.3, 0.4) is 0 Å². The molecule has 0 radical (unpaired) electrons. The molecule has 1 aliphatic heterocycles. The van der Waals surface area contributed by atoms with Gasteiger partial charge in [0.1, 0.15) is 0 Å². The summed E-state index contributed by atoms with van der Waals surface area (Å²) in [5, 5.41) is 2.67. The molecule has 0 bridgehead atoms. The van der Waals surface area contributed by atoms with Crippen molar-refractivity contribution in [3.8, 4) is 0 Å². The largest absolute Gasteiger partial charge is 0.399 e. The molecule has 1 unspecified atom stereocenters. The number of nitrogens with two attached hydrogens (primary N) is 1. The molecule has 2 rings (SSSR count). The van der Waals surface area contributed by atoms with Crippen molar-refractivity contribution in [2.24, 2.45) is 0 Å². The van der Waals surface area contributed by atoms with Crippen molar-refractivity contribution < 1.29 is 9.53 Å². The number of anilines is 2. The molecular formula is C14H21N3O2. The first-order valence-corrected chi connectivity index (χ1v) is 6.63. The van der Waals surface area contributed by atoms with Crippen molar-refractivity contribution in [2.75, 3.05) is 37.4 Å². The molecule has 1 aromatic carbocycles. The van der Waals surface area contributed by atoms with E-state index in [2.05, 4.69) is 17.1 Å². The normalized spacial score (nSPS) is 19.3. The van der Waals surface area contributed by atoms with Crippen LogP contribution in [-0.4, -0.2) is 38.8 Å². The molecule has 1 fully saturated rings. The van der Waals surface area contributed by atoms with Gasteiger partial charge in [-0.3, -0.25) is 4.79 Å². The van der Waals surface area contributed by atoms with E-state index < -0.39 is 0 Å². The molecule has 5 nitrogen and oxygen atoms in total. The zero-order valence-electron chi connectivity index (χ0n) is 11.5. The molecule has 1 saturated heterocycles. The van der Waals surface area contributed by atoms with E-state index in [0.717, 1.165) is 25.2 Å². The molecular weight excluding hydrogens is 242 g/mol. The van der Waals surface area contributed by atoms with Gasteiger partial charge in [0.15, 0.2) is 0 Å². The summed E-state index contributed by atoms with van der Waals surface area (Å²) in [7, 11) is 1.64. The minimum Gasteiger partial charge on any atom is -0.399 e. The summed E-state index contributed by atoms with van der Waals surface area (Å²) >= 11 is 0. The first-order chi connectivity index (χ1) is 9.15. The number of nitrogens with zero attached hydrogens (tertiary/aromatic N) is 1. The predicted octanol–water partition coefficient (Wildman–Crippen LogP) is 1.24. The van der Waals surface area contributed by atoms with Gasteiger partial charge in [-0.25, -0.2) is 0 Å². The summed E-state index contributed by atoms with van der Waals surface area (Å²) in [4.78, 5) is 14.1. The van der Waals surface area contributed by atoms with Crippen molar-refractivity contribution in [3.63, 3.8) is 0 Å². The highest BCUT2D eigenvalue weighted by Gasteiger charge is 2.23. The minimum absolute atomic E-state index is 0.0884. The third-order valence-electron chi connectivity index (χ3n) is 3.43. The van der Waals surface area contributed by atoms with E-state index in [1.54, 1.807) is 19.2 Å². The van der Waals surface area contributed by atoms with E-state index in [9.17, 15) is 4.79 Å². The lowest BCUT2D eigenvalue weighted by Gasteiger charge is -2.35. The number of benzene rings is 1. The molecule has 3 N–H and O–H groups in total. The second kappa shape index (κ2) is 5.93. The molecule has 1 amide bonds. The van der Waals surface area contributed by atoms with Crippen LogP contribution in [0, 0.1) is 0 Å². The number of carbonyl (C=O) groups excluding carboxylic acids is 1. The molecule has 0 aromatic heterocycles. The first-order valence-electron chi connectivity index (χ1n) is 6.63. The molecule has 1 aliphatic rings. The summed E-state index contributed by atoms with van der Waals surface area (Å²) in [5.41, 5.74) is 8.07. The van der Waals surface area contributed by atoms with Gasteiger partial charge in [-0.1, -0.05) is 6.92 Å². The van der Waals surface area contributed by atoms with Gasteiger partial charge in [0.25, 0.3) is 5.91 Å². The van der Waals surface area contributed by atoms with Gasteiger partial charge in [-0.15, -0.1) is 0 Å². The Morgan fingerprint density at radius 2 is 2.37 bits per heavy atom. The lowest BCUT2D eigenvalue weighted by molar-refractivity contribution is 0.0383. The van der Waals surface area contributed by atoms with E-state index in [1.807, 2.05) is 6.07 Å². The number of nitrogens with one attached hydrogen (secondary N) is 1. The zero-order chi connectivity index (χ0) is 13.8. The van der Waals surface area contributed by atoms with Gasteiger partial charge in [0, 0.05) is 25.8 Å². The number of amides is 1. The highest BCUT2D eigenvalue weighted by molar-refractivity contribution is 6.00. The van der Waals surface area contributed by atoms with E-state index in [0.29, 0.717) is 17.9 Å². The van der Waals surface area contributed by atoms with Gasteiger partial charge in [0.2, 0.25) is 0 Å². The number of hydrogen-bond donors (Lipinski definition) is 2. The van der Waals surface area contributed by atoms with Crippen LogP contribution in [0.2, 0.25) is 0 Å². The third kappa shape index (κ3) is 2.98. The molecule has 19 heavy (non-hydrogen) atoms. The Bertz CT molecular complexity index is 462. The van der Waals surface area contributed by atoms with E-state index in [1.165, 1.54) is 0 Å². The van der Waals surface area contributed by atoms with Crippen LogP contribution in [0.4, 0.5) is 11.4 Å². The molecule has 5 heteroatoms. The number of nitrogen functional groups attached to an aromatic ring is 1. The molecule has 0 saturated carbocycles. The zero-order valence-corrected chi connectivity index (χ0v) is 11.5. The van der Waals surface area contributed by atoms with Crippen LogP contribution >= 0.6 is 0 Å². The van der Waals surface area contributed by atoms with Crippen molar-refractivity contribution in [3.05, 3.63) is 23.8 Å². The van der Waals surface area contributed by atoms with Crippen molar-refractivity contribution in [1.29, 1.82) is 0 Å². The van der Waals surface area contributed by atoms with Crippen molar-refractivity contribution in [1.82, 2.24) is 5.32 Å². The fourth-order valence-corrected chi connectivity index (χ4v) is 2.32. The Hall–Kier alpha value is -1.75. The maximum Gasteiger partial charge on any atom is 0.253 e. The number of carbonyl (C=O) groups is 1. The van der Waals surface area contributed by atoms with Gasteiger partial charge >= 0.3 is 0 Å². The fraction of sp³-hybridized carbons (Fsp3) is 0.500. The summed E-state index contributed by atoms with van der Waals surface area (Å²) < 4.78 is 5.66. The van der Waals surface area contributed by atoms with Crippen LogP contribution in [0.1, 0.15) is 23.7 Å². The molecule has 1 atom stereocenters. The maximum absolute atomic E-state index is 11.9. The van der Waals surface area contributed by atoms with E-state index >= 15 is 0 Å². The summed E-state index contributed by atoms with van der Waals surface area (Å²) in [6.45, 7) is 4.36. The van der Waals surface area contributed by atoms with E-state index in [4.69, 9.17) is 10.5 Å². The molecule has 1 heterocycles. The van der Waals surface area contributed by atoms with Crippen LogP contribution in [0.5, 0.6) is 0 Å². The predicted molar refractivity (Wildman–Crippen MR) is 76.5 cm³/mol. The quantitative estimate of drug-likeness (QED) is 0.805. The monoisotopic (exact) mass is 263 g/mol.